The summed E-state index contributed by atoms with van der Waals surface area (Å²) in [7, 11) is 2.01. The molecule has 0 saturated heterocycles. The van der Waals surface area contributed by atoms with Crippen LogP contribution in [0.1, 0.15) is 36.3 Å². The molecule has 3 nitrogen and oxygen atoms in total. The molecule has 0 saturated carbocycles. The van der Waals surface area contributed by atoms with Gasteiger partial charge in [0.25, 0.3) is 0 Å². The number of hydrogen-bond donors (Lipinski definition) is 1. The van der Waals surface area contributed by atoms with Gasteiger partial charge in [-0.1, -0.05) is 25.1 Å². The molecule has 3 heteroatoms. The Morgan fingerprint density at radius 1 is 1.28 bits per heavy atom. The number of hydrogen-bond acceptors (Lipinski definition) is 2. The van der Waals surface area contributed by atoms with Crippen LogP contribution < -0.4 is 5.32 Å². The van der Waals surface area contributed by atoms with Crippen LogP contribution in [0.3, 0.4) is 0 Å². The first-order chi connectivity index (χ1) is 8.69. The first-order valence-corrected chi connectivity index (χ1v) is 6.46. The Hall–Kier alpha value is -1.61. The summed E-state index contributed by atoms with van der Waals surface area (Å²) < 4.78 is 2.17. The van der Waals surface area contributed by atoms with Gasteiger partial charge in [-0.25, -0.2) is 4.98 Å². The molecule has 1 aromatic carbocycles. The average Bonchev–Trinajstić information content (AvgIpc) is 2.72. The number of nitrogens with zero attached hydrogens (tertiary/aromatic N) is 2. The molecular formula is C15H21N3. The van der Waals surface area contributed by atoms with Crippen LogP contribution in [-0.4, -0.2) is 16.6 Å². The van der Waals surface area contributed by atoms with E-state index in [1.165, 1.54) is 16.9 Å². The van der Waals surface area contributed by atoms with Crippen LogP contribution in [-0.2, 0) is 0 Å². The SMILES string of the molecule is CCC(NC)c1ccccc1-n1cnc(C)c1C. The highest BCUT2D eigenvalue weighted by Gasteiger charge is 2.14. The normalized spacial score (nSPS) is 12.7. The quantitative estimate of drug-likeness (QED) is 0.894. The largest absolute Gasteiger partial charge is 0.313 e. The third-order valence-corrected chi connectivity index (χ3v) is 3.58. The lowest BCUT2D eigenvalue weighted by atomic mass is 10.0. The number of rotatable bonds is 4. The third-order valence-electron chi connectivity index (χ3n) is 3.58. The van der Waals surface area contributed by atoms with Gasteiger partial charge in [0.15, 0.2) is 0 Å². The molecule has 1 heterocycles. The molecule has 0 fully saturated rings. The van der Waals surface area contributed by atoms with Crippen LogP contribution in [0.5, 0.6) is 0 Å². The number of para-hydroxylation sites is 1. The minimum absolute atomic E-state index is 0.378. The number of imidazole rings is 1. The summed E-state index contributed by atoms with van der Waals surface area (Å²) in [6.45, 7) is 6.35. The first-order valence-electron chi connectivity index (χ1n) is 6.46. The molecule has 2 rings (SSSR count). The minimum atomic E-state index is 0.378. The molecule has 0 aliphatic heterocycles. The van der Waals surface area contributed by atoms with Crippen molar-refractivity contribution in [3.8, 4) is 5.69 Å². The van der Waals surface area contributed by atoms with Gasteiger partial charge in [-0.3, -0.25) is 0 Å². The lowest BCUT2D eigenvalue weighted by molar-refractivity contribution is 0.574. The Morgan fingerprint density at radius 3 is 2.56 bits per heavy atom. The van der Waals surface area contributed by atoms with Crippen molar-refractivity contribution in [3.05, 3.63) is 47.5 Å². The van der Waals surface area contributed by atoms with Crippen molar-refractivity contribution in [1.82, 2.24) is 14.9 Å². The van der Waals surface area contributed by atoms with E-state index in [2.05, 4.69) is 53.0 Å². The molecule has 18 heavy (non-hydrogen) atoms. The van der Waals surface area contributed by atoms with Crippen LogP contribution in [0.15, 0.2) is 30.6 Å². The van der Waals surface area contributed by atoms with E-state index >= 15 is 0 Å². The molecular weight excluding hydrogens is 222 g/mol. The van der Waals surface area contributed by atoms with Crippen LogP contribution in [0.2, 0.25) is 0 Å². The fourth-order valence-electron chi connectivity index (χ4n) is 2.32. The summed E-state index contributed by atoms with van der Waals surface area (Å²) in [5.74, 6) is 0. The summed E-state index contributed by atoms with van der Waals surface area (Å²) >= 11 is 0. The van der Waals surface area contributed by atoms with Gasteiger partial charge in [-0.15, -0.1) is 0 Å². The molecule has 0 amide bonds. The second-order valence-corrected chi connectivity index (χ2v) is 4.59. The first kappa shape index (κ1) is 12.8. The standard InChI is InChI=1S/C15H21N3/c1-5-14(16-4)13-8-6-7-9-15(13)18-10-17-11(2)12(18)3/h6-10,14,16H,5H2,1-4H3. The smallest absolute Gasteiger partial charge is 0.0997 e. The monoisotopic (exact) mass is 243 g/mol. The van der Waals surface area contributed by atoms with Crippen LogP contribution in [0, 0.1) is 13.8 Å². The van der Waals surface area contributed by atoms with Crippen molar-refractivity contribution < 1.29 is 0 Å². The summed E-state index contributed by atoms with van der Waals surface area (Å²) in [6.07, 6.45) is 2.98. The summed E-state index contributed by atoms with van der Waals surface area (Å²) in [5, 5.41) is 3.37. The Kier molecular flexibility index (Phi) is 3.82. The minimum Gasteiger partial charge on any atom is -0.313 e. The summed E-state index contributed by atoms with van der Waals surface area (Å²) in [4.78, 5) is 4.39. The molecule has 0 aliphatic carbocycles. The van der Waals surface area contributed by atoms with Crippen molar-refractivity contribution in [3.63, 3.8) is 0 Å². The van der Waals surface area contributed by atoms with Gasteiger partial charge in [-0.05, 0) is 38.9 Å². The second-order valence-electron chi connectivity index (χ2n) is 4.59. The van der Waals surface area contributed by atoms with Gasteiger partial charge in [0.05, 0.1) is 17.7 Å². The molecule has 1 atom stereocenters. The molecule has 0 aliphatic rings. The fourth-order valence-corrected chi connectivity index (χ4v) is 2.32. The number of aromatic nitrogens is 2. The molecule has 0 radical (unpaired) electrons. The Labute approximate surface area is 109 Å². The van der Waals surface area contributed by atoms with E-state index in [1.54, 1.807) is 0 Å². The Balaban J connectivity index is 2.54. The van der Waals surface area contributed by atoms with Crippen LogP contribution >= 0.6 is 0 Å². The average molecular weight is 243 g/mol. The zero-order valence-corrected chi connectivity index (χ0v) is 11.6. The molecule has 96 valence electrons. The van der Waals surface area contributed by atoms with Crippen molar-refractivity contribution >= 4 is 0 Å². The number of nitrogens with one attached hydrogen (secondary N) is 1. The van der Waals surface area contributed by atoms with Crippen LogP contribution in [0.4, 0.5) is 0 Å². The van der Waals surface area contributed by atoms with Crippen LogP contribution in [0.25, 0.3) is 5.69 Å². The van der Waals surface area contributed by atoms with Gasteiger partial charge >= 0.3 is 0 Å². The third kappa shape index (κ3) is 2.18. The van der Waals surface area contributed by atoms with E-state index in [1.807, 2.05) is 20.3 Å². The topological polar surface area (TPSA) is 29.9 Å². The predicted molar refractivity (Wildman–Crippen MR) is 75.1 cm³/mol. The maximum absolute atomic E-state index is 4.39. The van der Waals surface area contributed by atoms with Crippen molar-refractivity contribution in [2.45, 2.75) is 33.2 Å². The highest BCUT2D eigenvalue weighted by molar-refractivity contribution is 5.44. The summed E-state index contributed by atoms with van der Waals surface area (Å²) in [5.41, 5.74) is 4.83. The lowest BCUT2D eigenvalue weighted by Crippen LogP contribution is -2.17. The second kappa shape index (κ2) is 5.36. The Morgan fingerprint density at radius 2 is 2.00 bits per heavy atom. The summed E-state index contributed by atoms with van der Waals surface area (Å²) in [6, 6.07) is 8.90. The zero-order chi connectivity index (χ0) is 13.1. The molecule has 0 bridgehead atoms. The molecule has 1 unspecified atom stereocenters. The van der Waals surface area contributed by atoms with E-state index in [-0.39, 0.29) is 0 Å². The fraction of sp³-hybridized carbons (Fsp3) is 0.400. The predicted octanol–water partition coefficient (Wildman–Crippen LogP) is 3.16. The van der Waals surface area contributed by atoms with E-state index in [0.29, 0.717) is 6.04 Å². The van der Waals surface area contributed by atoms with Gasteiger partial charge < -0.3 is 9.88 Å². The van der Waals surface area contributed by atoms with Crippen molar-refractivity contribution in [2.75, 3.05) is 7.05 Å². The zero-order valence-electron chi connectivity index (χ0n) is 11.6. The van der Waals surface area contributed by atoms with Crippen molar-refractivity contribution in [1.29, 1.82) is 0 Å². The molecule has 0 spiro atoms. The molecule has 1 aromatic heterocycles. The maximum atomic E-state index is 4.39. The van der Waals surface area contributed by atoms with Gasteiger partial charge in [0, 0.05) is 11.7 Å². The number of aryl methyl sites for hydroxylation is 1. The molecule has 1 N–H and O–H groups in total. The highest BCUT2D eigenvalue weighted by Crippen LogP contribution is 2.25. The van der Waals surface area contributed by atoms with Gasteiger partial charge in [-0.2, -0.15) is 0 Å². The highest BCUT2D eigenvalue weighted by atomic mass is 15.1. The van der Waals surface area contributed by atoms with Gasteiger partial charge in [0.1, 0.15) is 0 Å². The van der Waals surface area contributed by atoms with Gasteiger partial charge in [0.2, 0.25) is 0 Å². The van der Waals surface area contributed by atoms with Crippen molar-refractivity contribution in [2.24, 2.45) is 0 Å². The lowest BCUT2D eigenvalue weighted by Gasteiger charge is -2.19. The number of benzene rings is 1. The Bertz CT molecular complexity index is 524. The van der Waals surface area contributed by atoms with E-state index in [4.69, 9.17) is 0 Å². The maximum Gasteiger partial charge on any atom is 0.0997 e. The molecule has 2 aromatic rings. The van der Waals surface area contributed by atoms with E-state index < -0.39 is 0 Å². The van der Waals surface area contributed by atoms with E-state index in [0.717, 1.165) is 12.1 Å². The van der Waals surface area contributed by atoms with E-state index in [9.17, 15) is 0 Å².